The van der Waals surface area contributed by atoms with E-state index in [2.05, 4.69) is 65.9 Å². The van der Waals surface area contributed by atoms with Crippen LogP contribution in [0.1, 0.15) is 29.8 Å². The first-order valence-electron chi connectivity index (χ1n) is 15.0. The maximum absolute atomic E-state index is 13.8. The lowest BCUT2D eigenvalue weighted by molar-refractivity contribution is 0.0341. The number of amides is 3. The van der Waals surface area contributed by atoms with Crippen LogP contribution in [0.5, 0.6) is 5.75 Å². The van der Waals surface area contributed by atoms with Crippen LogP contribution in [-0.4, -0.2) is 65.7 Å². The molecule has 0 saturated carbocycles. The SMILES string of the molecule is C[C@H]1CN([C@@H](C)CO)C(=O)c2cc(NC(=O)Nc3ccccc3)ccc2O[C@H]1CN(C)Cc1ccc(-c2ccccc2)cc1. The summed E-state index contributed by atoms with van der Waals surface area (Å²) in [6.45, 7) is 5.56. The van der Waals surface area contributed by atoms with Crippen LogP contribution < -0.4 is 15.4 Å². The largest absolute Gasteiger partial charge is 0.488 e. The van der Waals surface area contributed by atoms with Crippen molar-refractivity contribution in [3.63, 3.8) is 0 Å². The van der Waals surface area contributed by atoms with Crippen LogP contribution in [0.25, 0.3) is 11.1 Å². The number of fused-ring (bicyclic) bond motifs is 1. The van der Waals surface area contributed by atoms with Crippen LogP contribution >= 0.6 is 0 Å². The van der Waals surface area contributed by atoms with E-state index in [4.69, 9.17) is 4.74 Å². The second-order valence-corrected chi connectivity index (χ2v) is 11.5. The Morgan fingerprint density at radius 1 is 0.932 bits per heavy atom. The van der Waals surface area contributed by atoms with Gasteiger partial charge in [-0.05, 0) is 61.0 Å². The number of hydrogen-bond acceptors (Lipinski definition) is 5. The Balaban J connectivity index is 1.32. The third-order valence-corrected chi connectivity index (χ3v) is 7.96. The van der Waals surface area contributed by atoms with Gasteiger partial charge in [-0.25, -0.2) is 4.79 Å². The average molecular weight is 593 g/mol. The summed E-state index contributed by atoms with van der Waals surface area (Å²) in [6.07, 6.45) is -0.218. The van der Waals surface area contributed by atoms with E-state index in [9.17, 15) is 14.7 Å². The Morgan fingerprint density at radius 2 is 1.57 bits per heavy atom. The van der Waals surface area contributed by atoms with E-state index in [1.807, 2.05) is 43.3 Å². The highest BCUT2D eigenvalue weighted by Crippen LogP contribution is 2.31. The van der Waals surface area contributed by atoms with Gasteiger partial charge in [0, 0.05) is 36.9 Å². The molecule has 0 aromatic heterocycles. The monoisotopic (exact) mass is 592 g/mol. The van der Waals surface area contributed by atoms with Crippen molar-refractivity contribution >= 4 is 23.3 Å². The number of hydrogen-bond donors (Lipinski definition) is 3. The Morgan fingerprint density at radius 3 is 2.25 bits per heavy atom. The number of ether oxygens (including phenoxy) is 1. The molecule has 8 nitrogen and oxygen atoms in total. The molecule has 1 heterocycles. The number of benzene rings is 4. The summed E-state index contributed by atoms with van der Waals surface area (Å²) in [5, 5.41) is 15.6. The molecule has 5 rings (SSSR count). The first-order chi connectivity index (χ1) is 21.3. The maximum atomic E-state index is 13.8. The van der Waals surface area contributed by atoms with Crippen molar-refractivity contribution in [2.24, 2.45) is 5.92 Å². The number of para-hydroxylation sites is 1. The van der Waals surface area contributed by atoms with E-state index in [0.29, 0.717) is 35.8 Å². The van der Waals surface area contributed by atoms with Crippen molar-refractivity contribution < 1.29 is 19.4 Å². The molecule has 228 valence electrons. The molecular weight excluding hydrogens is 552 g/mol. The average Bonchev–Trinajstić information content (AvgIpc) is 3.04. The number of nitrogens with zero attached hydrogens (tertiary/aromatic N) is 2. The molecule has 3 atom stereocenters. The van der Waals surface area contributed by atoms with E-state index in [1.165, 1.54) is 16.7 Å². The van der Waals surface area contributed by atoms with Crippen molar-refractivity contribution in [3.8, 4) is 16.9 Å². The summed E-state index contributed by atoms with van der Waals surface area (Å²) in [5.41, 5.74) is 5.03. The minimum atomic E-state index is -0.416. The molecular formula is C36H40N4O4. The van der Waals surface area contributed by atoms with E-state index in [-0.39, 0.29) is 30.6 Å². The summed E-state index contributed by atoms with van der Waals surface area (Å²) in [5.74, 6) is 0.209. The van der Waals surface area contributed by atoms with Gasteiger partial charge < -0.3 is 25.4 Å². The lowest BCUT2D eigenvalue weighted by atomic mass is 9.99. The molecule has 3 N–H and O–H groups in total. The zero-order valence-electron chi connectivity index (χ0n) is 25.4. The fourth-order valence-corrected chi connectivity index (χ4v) is 5.45. The predicted octanol–water partition coefficient (Wildman–Crippen LogP) is 6.35. The van der Waals surface area contributed by atoms with Crippen molar-refractivity contribution in [1.29, 1.82) is 0 Å². The van der Waals surface area contributed by atoms with Gasteiger partial charge in [-0.3, -0.25) is 9.69 Å². The molecule has 4 aromatic rings. The third-order valence-electron chi connectivity index (χ3n) is 7.96. The van der Waals surface area contributed by atoms with Crippen LogP contribution in [0.15, 0.2) is 103 Å². The fourth-order valence-electron chi connectivity index (χ4n) is 5.45. The highest BCUT2D eigenvalue weighted by Gasteiger charge is 2.33. The zero-order chi connectivity index (χ0) is 31.1. The van der Waals surface area contributed by atoms with Crippen molar-refractivity contribution in [2.45, 2.75) is 32.5 Å². The number of aliphatic hydroxyl groups is 1. The Kier molecular flexibility index (Phi) is 9.94. The highest BCUT2D eigenvalue weighted by molar-refractivity contribution is 6.02. The van der Waals surface area contributed by atoms with Crippen molar-refractivity contribution in [1.82, 2.24) is 9.80 Å². The molecule has 0 fully saturated rings. The number of likely N-dealkylation sites (N-methyl/N-ethyl adjacent to an activating group) is 1. The van der Waals surface area contributed by atoms with Crippen LogP contribution in [0.3, 0.4) is 0 Å². The molecule has 1 aliphatic heterocycles. The lowest BCUT2D eigenvalue weighted by Gasteiger charge is -2.38. The molecule has 0 aliphatic carbocycles. The first kappa shape index (κ1) is 30.8. The summed E-state index contributed by atoms with van der Waals surface area (Å²) < 4.78 is 6.54. The fraction of sp³-hybridized carbons (Fsp3) is 0.278. The predicted molar refractivity (Wildman–Crippen MR) is 175 cm³/mol. The van der Waals surface area contributed by atoms with Gasteiger partial charge >= 0.3 is 6.03 Å². The summed E-state index contributed by atoms with van der Waals surface area (Å²) in [4.78, 5) is 30.3. The van der Waals surface area contributed by atoms with Crippen LogP contribution in [0, 0.1) is 5.92 Å². The number of carbonyl (C=O) groups is 2. The van der Waals surface area contributed by atoms with Gasteiger partial charge in [-0.15, -0.1) is 0 Å². The lowest BCUT2D eigenvalue weighted by Crippen LogP contribution is -2.49. The topological polar surface area (TPSA) is 94.1 Å². The Bertz CT molecular complexity index is 1550. The van der Waals surface area contributed by atoms with E-state index < -0.39 is 6.03 Å². The third kappa shape index (κ3) is 7.64. The number of nitrogens with one attached hydrogen (secondary N) is 2. The summed E-state index contributed by atoms with van der Waals surface area (Å²) in [7, 11) is 2.07. The number of rotatable bonds is 9. The second-order valence-electron chi connectivity index (χ2n) is 11.5. The minimum Gasteiger partial charge on any atom is -0.488 e. The Labute approximate surface area is 259 Å². The maximum Gasteiger partial charge on any atom is 0.323 e. The molecule has 4 aromatic carbocycles. The smallest absolute Gasteiger partial charge is 0.323 e. The molecule has 0 spiro atoms. The van der Waals surface area contributed by atoms with Crippen LogP contribution in [-0.2, 0) is 6.54 Å². The molecule has 1 aliphatic rings. The normalized spacial score (nSPS) is 17.2. The molecule has 0 unspecified atom stereocenters. The van der Waals surface area contributed by atoms with E-state index in [1.54, 1.807) is 35.2 Å². The minimum absolute atomic E-state index is 0.00143. The molecule has 44 heavy (non-hydrogen) atoms. The van der Waals surface area contributed by atoms with Gasteiger partial charge in [0.15, 0.2) is 0 Å². The van der Waals surface area contributed by atoms with Gasteiger partial charge in [-0.2, -0.15) is 0 Å². The van der Waals surface area contributed by atoms with Gasteiger partial charge in [0.05, 0.1) is 18.2 Å². The van der Waals surface area contributed by atoms with Gasteiger partial charge in [0.1, 0.15) is 11.9 Å². The first-order valence-corrected chi connectivity index (χ1v) is 15.0. The highest BCUT2D eigenvalue weighted by atomic mass is 16.5. The second kappa shape index (κ2) is 14.2. The van der Waals surface area contributed by atoms with E-state index >= 15 is 0 Å². The summed E-state index contributed by atoms with van der Waals surface area (Å²) in [6, 6.07) is 32.4. The summed E-state index contributed by atoms with van der Waals surface area (Å²) >= 11 is 0. The number of aliphatic hydroxyl groups excluding tert-OH is 1. The zero-order valence-corrected chi connectivity index (χ0v) is 25.4. The Hall–Kier alpha value is -4.66. The number of anilines is 2. The van der Waals surface area contributed by atoms with Gasteiger partial charge in [0.25, 0.3) is 5.91 Å². The van der Waals surface area contributed by atoms with Crippen LogP contribution in [0.2, 0.25) is 0 Å². The standard InChI is InChI=1S/C36H40N4O4/c1-25-21-40(26(2)24-41)35(42)32-20-31(38-36(43)37-30-12-8-5-9-13-30)18-19-33(32)44-34(25)23-39(3)22-27-14-16-29(17-15-27)28-10-6-4-7-11-28/h4-20,25-26,34,41H,21-24H2,1-3H3,(H2,37,38,43)/t25-,26-,34-/m0/s1. The number of carbonyl (C=O) groups excluding carboxylic acids is 2. The number of urea groups is 1. The van der Waals surface area contributed by atoms with Crippen molar-refractivity contribution in [2.75, 3.05) is 37.4 Å². The van der Waals surface area contributed by atoms with Gasteiger partial charge in [0.2, 0.25) is 0 Å². The van der Waals surface area contributed by atoms with Crippen LogP contribution in [0.4, 0.5) is 16.2 Å². The van der Waals surface area contributed by atoms with Gasteiger partial charge in [-0.1, -0.05) is 79.7 Å². The molecule has 0 radical (unpaired) electrons. The quantitative estimate of drug-likeness (QED) is 0.211. The molecule has 0 bridgehead atoms. The van der Waals surface area contributed by atoms with E-state index in [0.717, 1.165) is 6.54 Å². The molecule has 0 saturated heterocycles. The molecule has 8 heteroatoms. The van der Waals surface area contributed by atoms with Crippen molar-refractivity contribution in [3.05, 3.63) is 114 Å². The molecule has 3 amide bonds.